The van der Waals surface area contributed by atoms with Crippen LogP contribution in [0.4, 0.5) is 13.2 Å². The predicted molar refractivity (Wildman–Crippen MR) is 80.5 cm³/mol. The Morgan fingerprint density at radius 2 is 1.83 bits per heavy atom. The number of carbonyl (C=O) groups excluding carboxylic acids is 1. The van der Waals surface area contributed by atoms with E-state index in [9.17, 15) is 22.8 Å². The lowest BCUT2D eigenvalue weighted by molar-refractivity contribution is -0.140. The molecule has 0 unspecified atom stereocenters. The highest BCUT2D eigenvalue weighted by molar-refractivity contribution is 5.78. The Kier molecular flexibility index (Phi) is 6.22. The standard InChI is InChI=1S/C16H20F3NO4/c1-15(2,8-14(22)23)7-13(21)20-9-10-4-5-11(24-3)6-12(10)16(17,18)19/h4-6H,7-9H2,1-3H3,(H,20,21)(H,22,23). The van der Waals surface area contributed by atoms with E-state index in [1.54, 1.807) is 13.8 Å². The molecule has 134 valence electrons. The summed E-state index contributed by atoms with van der Waals surface area (Å²) in [5.41, 5.74) is -1.76. The summed E-state index contributed by atoms with van der Waals surface area (Å²) in [6, 6.07) is 3.49. The van der Waals surface area contributed by atoms with Crippen molar-refractivity contribution in [3.05, 3.63) is 29.3 Å². The normalized spacial score (nSPS) is 11.9. The molecule has 5 nitrogen and oxygen atoms in total. The molecule has 0 saturated carbocycles. The quantitative estimate of drug-likeness (QED) is 0.794. The fourth-order valence-corrected chi connectivity index (χ4v) is 2.26. The average Bonchev–Trinajstić information content (AvgIpc) is 2.41. The van der Waals surface area contributed by atoms with Gasteiger partial charge in [-0.15, -0.1) is 0 Å². The monoisotopic (exact) mass is 347 g/mol. The van der Waals surface area contributed by atoms with E-state index in [0.717, 1.165) is 6.07 Å². The van der Waals surface area contributed by atoms with E-state index in [0.29, 0.717) is 0 Å². The molecule has 0 aliphatic rings. The Balaban J connectivity index is 2.80. The molecule has 1 aromatic carbocycles. The van der Waals surface area contributed by atoms with Crippen molar-refractivity contribution in [2.75, 3.05) is 7.11 Å². The van der Waals surface area contributed by atoms with Crippen LogP contribution in [-0.4, -0.2) is 24.1 Å². The molecule has 24 heavy (non-hydrogen) atoms. The van der Waals surface area contributed by atoms with Crippen LogP contribution in [-0.2, 0) is 22.3 Å². The van der Waals surface area contributed by atoms with Crippen LogP contribution in [0.1, 0.15) is 37.8 Å². The van der Waals surface area contributed by atoms with Gasteiger partial charge in [-0.05, 0) is 23.1 Å². The first kappa shape index (κ1) is 19.8. The third kappa shape index (κ3) is 6.10. The molecular formula is C16H20F3NO4. The van der Waals surface area contributed by atoms with Crippen LogP contribution in [0.3, 0.4) is 0 Å². The molecule has 8 heteroatoms. The van der Waals surface area contributed by atoms with Crippen molar-refractivity contribution in [3.8, 4) is 5.75 Å². The maximum absolute atomic E-state index is 13.1. The van der Waals surface area contributed by atoms with E-state index in [-0.39, 0.29) is 30.7 Å². The smallest absolute Gasteiger partial charge is 0.416 e. The average molecular weight is 347 g/mol. The number of carboxylic acids is 1. The number of hydrogen-bond donors (Lipinski definition) is 2. The third-order valence-electron chi connectivity index (χ3n) is 3.37. The fourth-order valence-electron chi connectivity index (χ4n) is 2.26. The zero-order valence-electron chi connectivity index (χ0n) is 13.7. The van der Waals surface area contributed by atoms with Crippen molar-refractivity contribution in [2.45, 2.75) is 39.4 Å². The van der Waals surface area contributed by atoms with Crippen LogP contribution < -0.4 is 10.1 Å². The molecule has 0 atom stereocenters. The van der Waals surface area contributed by atoms with Crippen LogP contribution in [0.25, 0.3) is 0 Å². The highest BCUT2D eigenvalue weighted by Crippen LogP contribution is 2.34. The number of ether oxygens (including phenoxy) is 1. The van der Waals surface area contributed by atoms with Gasteiger partial charge in [-0.25, -0.2) is 0 Å². The van der Waals surface area contributed by atoms with Crippen molar-refractivity contribution >= 4 is 11.9 Å². The highest BCUT2D eigenvalue weighted by atomic mass is 19.4. The maximum Gasteiger partial charge on any atom is 0.416 e. The summed E-state index contributed by atoms with van der Waals surface area (Å²) in [6.45, 7) is 2.91. The minimum Gasteiger partial charge on any atom is -0.497 e. The molecule has 1 rings (SSSR count). The SMILES string of the molecule is COc1ccc(CNC(=O)CC(C)(C)CC(=O)O)c(C(F)(F)F)c1. The molecule has 2 N–H and O–H groups in total. The summed E-state index contributed by atoms with van der Waals surface area (Å²) in [7, 11) is 1.27. The second-order valence-electron chi connectivity index (χ2n) is 6.21. The van der Waals surface area contributed by atoms with Gasteiger partial charge in [0.2, 0.25) is 5.91 Å². The summed E-state index contributed by atoms with van der Waals surface area (Å²) in [4.78, 5) is 22.6. The number of hydrogen-bond acceptors (Lipinski definition) is 3. The Labute approximate surface area is 137 Å². The number of methoxy groups -OCH3 is 1. The Bertz CT molecular complexity index is 612. The number of carboxylic acid groups (broad SMARTS) is 1. The molecule has 0 fully saturated rings. The second-order valence-corrected chi connectivity index (χ2v) is 6.21. The second kappa shape index (κ2) is 7.55. The molecule has 0 aliphatic carbocycles. The van der Waals surface area contributed by atoms with Crippen LogP contribution in [0.15, 0.2) is 18.2 Å². The van der Waals surface area contributed by atoms with Gasteiger partial charge in [-0.2, -0.15) is 13.2 Å². The lowest BCUT2D eigenvalue weighted by atomic mass is 9.85. The van der Waals surface area contributed by atoms with Crippen molar-refractivity contribution in [2.24, 2.45) is 5.41 Å². The topological polar surface area (TPSA) is 75.6 Å². The summed E-state index contributed by atoms with van der Waals surface area (Å²) < 4.78 is 44.0. The number of aliphatic carboxylic acids is 1. The number of alkyl halides is 3. The van der Waals surface area contributed by atoms with Crippen molar-refractivity contribution in [1.29, 1.82) is 0 Å². The van der Waals surface area contributed by atoms with E-state index < -0.39 is 29.0 Å². The third-order valence-corrected chi connectivity index (χ3v) is 3.37. The number of carbonyl (C=O) groups is 2. The summed E-state index contributed by atoms with van der Waals surface area (Å²) in [5.74, 6) is -1.48. The predicted octanol–water partition coefficient (Wildman–Crippen LogP) is 3.22. The van der Waals surface area contributed by atoms with Crippen molar-refractivity contribution < 1.29 is 32.6 Å². The Morgan fingerprint density at radius 3 is 2.33 bits per heavy atom. The van der Waals surface area contributed by atoms with Gasteiger partial charge in [-0.1, -0.05) is 19.9 Å². The van der Waals surface area contributed by atoms with Gasteiger partial charge in [0.05, 0.1) is 19.1 Å². The minimum atomic E-state index is -4.57. The molecule has 0 saturated heterocycles. The van der Waals surface area contributed by atoms with E-state index in [2.05, 4.69) is 5.32 Å². The van der Waals surface area contributed by atoms with Crippen molar-refractivity contribution in [1.82, 2.24) is 5.32 Å². The molecule has 0 aliphatic heterocycles. The molecule has 0 heterocycles. The number of nitrogens with one attached hydrogen (secondary N) is 1. The number of amides is 1. The number of benzene rings is 1. The fraction of sp³-hybridized carbons (Fsp3) is 0.500. The van der Waals surface area contributed by atoms with E-state index in [1.807, 2.05) is 0 Å². The van der Waals surface area contributed by atoms with Crippen LogP contribution >= 0.6 is 0 Å². The van der Waals surface area contributed by atoms with Gasteiger partial charge < -0.3 is 15.2 Å². The maximum atomic E-state index is 13.1. The lowest BCUT2D eigenvalue weighted by Gasteiger charge is -2.22. The molecule has 1 aromatic rings. The first-order valence-electron chi connectivity index (χ1n) is 7.17. The summed E-state index contributed by atoms with van der Waals surface area (Å²) in [6.07, 6.45) is -4.88. The zero-order valence-corrected chi connectivity index (χ0v) is 13.7. The highest BCUT2D eigenvalue weighted by Gasteiger charge is 2.34. The van der Waals surface area contributed by atoms with Gasteiger partial charge in [-0.3, -0.25) is 9.59 Å². The largest absolute Gasteiger partial charge is 0.497 e. The minimum absolute atomic E-state index is 0.0694. The molecule has 0 spiro atoms. The van der Waals surface area contributed by atoms with Crippen molar-refractivity contribution in [3.63, 3.8) is 0 Å². The van der Waals surface area contributed by atoms with E-state index in [1.165, 1.54) is 19.2 Å². The molecule has 1 amide bonds. The van der Waals surface area contributed by atoms with Crippen LogP contribution in [0.5, 0.6) is 5.75 Å². The van der Waals surface area contributed by atoms with Gasteiger partial charge >= 0.3 is 12.1 Å². The number of halogens is 3. The summed E-state index contributed by atoms with van der Waals surface area (Å²) in [5, 5.41) is 11.2. The van der Waals surface area contributed by atoms with E-state index in [4.69, 9.17) is 9.84 Å². The molecule has 0 aromatic heterocycles. The van der Waals surface area contributed by atoms with Crippen LogP contribution in [0, 0.1) is 5.41 Å². The zero-order chi connectivity index (χ0) is 18.5. The van der Waals surface area contributed by atoms with Gasteiger partial charge in [0.15, 0.2) is 0 Å². The summed E-state index contributed by atoms with van der Waals surface area (Å²) >= 11 is 0. The molecular weight excluding hydrogens is 327 g/mol. The van der Waals surface area contributed by atoms with Gasteiger partial charge in [0, 0.05) is 13.0 Å². The van der Waals surface area contributed by atoms with E-state index >= 15 is 0 Å². The first-order chi connectivity index (χ1) is 10.9. The Morgan fingerprint density at radius 1 is 1.21 bits per heavy atom. The Hall–Kier alpha value is -2.25. The van der Waals surface area contributed by atoms with Gasteiger partial charge in [0.1, 0.15) is 5.75 Å². The van der Waals surface area contributed by atoms with Crippen LogP contribution in [0.2, 0.25) is 0 Å². The van der Waals surface area contributed by atoms with Gasteiger partial charge in [0.25, 0.3) is 0 Å². The molecule has 0 bridgehead atoms. The number of rotatable bonds is 7. The molecule has 0 radical (unpaired) electrons. The first-order valence-corrected chi connectivity index (χ1v) is 7.17. The lowest BCUT2D eigenvalue weighted by Crippen LogP contribution is -2.30.